The first-order chi connectivity index (χ1) is 15.9. The van der Waals surface area contributed by atoms with Crippen LogP contribution in [0.4, 0.5) is 5.69 Å². The maximum atomic E-state index is 13.6. The molecule has 1 unspecified atom stereocenters. The molecule has 176 valence electrons. The molecule has 0 bridgehead atoms. The van der Waals surface area contributed by atoms with Gasteiger partial charge in [0.15, 0.2) is 5.69 Å². The van der Waals surface area contributed by atoms with Gasteiger partial charge in [-0.15, -0.1) is 0 Å². The Bertz CT molecular complexity index is 1060. The number of aromatic nitrogens is 2. The fraction of sp³-hybridized carbons (Fsp3) is 0.520. The van der Waals surface area contributed by atoms with Crippen LogP contribution in [0.15, 0.2) is 30.6 Å². The molecule has 1 atom stereocenters. The summed E-state index contributed by atoms with van der Waals surface area (Å²) in [6.45, 7) is 6.50. The average Bonchev–Trinajstić information content (AvgIpc) is 3.47. The smallest absolute Gasteiger partial charge is 0.276 e. The molecule has 1 fully saturated rings. The van der Waals surface area contributed by atoms with E-state index < -0.39 is 11.4 Å². The zero-order valence-electron chi connectivity index (χ0n) is 19.7. The summed E-state index contributed by atoms with van der Waals surface area (Å²) in [6.07, 6.45) is 7.16. The highest BCUT2D eigenvalue weighted by molar-refractivity contribution is 6.11. The van der Waals surface area contributed by atoms with Gasteiger partial charge in [-0.3, -0.25) is 14.4 Å². The van der Waals surface area contributed by atoms with Crippen molar-refractivity contribution in [3.8, 4) is 0 Å². The van der Waals surface area contributed by atoms with Crippen LogP contribution < -0.4 is 10.6 Å². The standard InChI is InChI=1S/C25H33N5O3/c1-4-14-30-23(32)21-20(22(31)28-19-13-9-6-10-17(19)5-2)26-16-29(21)15-25(30,3)24(33)27-18-11-7-8-12-18/h6,9-10,13,16,18H,4-5,7-8,11-12,14-15H2,1-3H3,(H,27,33)(H,28,31). The molecule has 1 saturated carbocycles. The molecule has 1 aromatic carbocycles. The molecule has 0 saturated heterocycles. The number of nitrogens with zero attached hydrogens (tertiary/aromatic N) is 3. The molecule has 8 heteroatoms. The number of imidazole rings is 1. The monoisotopic (exact) mass is 451 g/mol. The predicted molar refractivity (Wildman–Crippen MR) is 126 cm³/mol. The number of rotatable bonds is 7. The zero-order valence-corrected chi connectivity index (χ0v) is 19.7. The largest absolute Gasteiger partial charge is 0.351 e. The van der Waals surface area contributed by atoms with Gasteiger partial charge in [-0.05, 0) is 44.2 Å². The third-order valence-corrected chi connectivity index (χ3v) is 6.85. The fourth-order valence-electron chi connectivity index (χ4n) is 4.97. The van der Waals surface area contributed by atoms with Crippen molar-refractivity contribution in [3.63, 3.8) is 0 Å². The van der Waals surface area contributed by atoms with Crippen LogP contribution in [0.2, 0.25) is 0 Å². The summed E-state index contributed by atoms with van der Waals surface area (Å²) in [5.74, 6) is -0.898. The Morgan fingerprint density at radius 2 is 1.91 bits per heavy atom. The zero-order chi connectivity index (χ0) is 23.6. The number of hydrogen-bond donors (Lipinski definition) is 2. The molecular formula is C25H33N5O3. The molecule has 0 radical (unpaired) electrons. The minimum Gasteiger partial charge on any atom is -0.351 e. The summed E-state index contributed by atoms with van der Waals surface area (Å²) in [5.41, 5.74) is 1.01. The average molecular weight is 452 g/mol. The van der Waals surface area contributed by atoms with E-state index in [-0.39, 0.29) is 35.8 Å². The first-order valence-corrected chi connectivity index (χ1v) is 12.0. The van der Waals surface area contributed by atoms with Gasteiger partial charge in [0.25, 0.3) is 11.8 Å². The molecule has 1 aromatic heterocycles. The van der Waals surface area contributed by atoms with Gasteiger partial charge < -0.3 is 20.1 Å². The SMILES string of the molecule is CCCN1C(=O)c2c(C(=O)Nc3ccccc3CC)ncn2CC1(C)C(=O)NC1CCCC1. The van der Waals surface area contributed by atoms with Crippen molar-refractivity contribution in [1.29, 1.82) is 0 Å². The summed E-state index contributed by atoms with van der Waals surface area (Å²) in [4.78, 5) is 46.0. The van der Waals surface area contributed by atoms with E-state index in [1.165, 1.54) is 6.33 Å². The summed E-state index contributed by atoms with van der Waals surface area (Å²) in [5, 5.41) is 6.07. The molecule has 2 aromatic rings. The first-order valence-electron chi connectivity index (χ1n) is 12.0. The van der Waals surface area contributed by atoms with Crippen molar-refractivity contribution in [3.05, 3.63) is 47.5 Å². The van der Waals surface area contributed by atoms with Gasteiger partial charge >= 0.3 is 0 Å². The lowest BCUT2D eigenvalue weighted by Gasteiger charge is -2.44. The van der Waals surface area contributed by atoms with Crippen LogP contribution >= 0.6 is 0 Å². The second-order valence-corrected chi connectivity index (χ2v) is 9.22. The molecule has 2 heterocycles. The number of para-hydroxylation sites is 1. The van der Waals surface area contributed by atoms with E-state index in [0.29, 0.717) is 18.7 Å². The lowest BCUT2D eigenvalue weighted by atomic mass is 9.93. The van der Waals surface area contributed by atoms with E-state index in [1.807, 2.05) is 45.0 Å². The summed E-state index contributed by atoms with van der Waals surface area (Å²) < 4.78 is 1.66. The highest BCUT2D eigenvalue weighted by atomic mass is 16.2. The number of hydrogen-bond acceptors (Lipinski definition) is 4. The van der Waals surface area contributed by atoms with Crippen LogP contribution in [0.1, 0.15) is 79.4 Å². The number of aryl methyl sites for hydroxylation is 1. The molecule has 0 spiro atoms. The Balaban J connectivity index is 1.63. The summed E-state index contributed by atoms with van der Waals surface area (Å²) >= 11 is 0. The van der Waals surface area contributed by atoms with Crippen molar-refractivity contribution < 1.29 is 14.4 Å². The molecule has 2 aliphatic rings. The number of carbonyl (C=O) groups excluding carboxylic acids is 3. The summed E-state index contributed by atoms with van der Waals surface area (Å²) in [7, 11) is 0. The quantitative estimate of drug-likeness (QED) is 0.675. The molecule has 4 rings (SSSR count). The third kappa shape index (κ3) is 4.26. The van der Waals surface area contributed by atoms with Crippen molar-refractivity contribution in [1.82, 2.24) is 19.8 Å². The molecule has 1 aliphatic heterocycles. The van der Waals surface area contributed by atoms with Gasteiger partial charge in [-0.25, -0.2) is 4.98 Å². The highest BCUT2D eigenvalue weighted by Gasteiger charge is 2.48. The van der Waals surface area contributed by atoms with Crippen LogP contribution in [0.3, 0.4) is 0 Å². The van der Waals surface area contributed by atoms with Gasteiger partial charge in [0, 0.05) is 18.3 Å². The Kier molecular flexibility index (Phi) is 6.54. The van der Waals surface area contributed by atoms with Crippen LogP contribution in [0.25, 0.3) is 0 Å². The van der Waals surface area contributed by atoms with E-state index in [0.717, 1.165) is 37.7 Å². The number of nitrogens with one attached hydrogen (secondary N) is 2. The van der Waals surface area contributed by atoms with Crippen LogP contribution in [0, 0.1) is 0 Å². The molecular weight excluding hydrogens is 418 g/mol. The van der Waals surface area contributed by atoms with E-state index in [2.05, 4.69) is 15.6 Å². The number of anilines is 1. The molecule has 33 heavy (non-hydrogen) atoms. The second-order valence-electron chi connectivity index (χ2n) is 9.22. The molecule has 1 aliphatic carbocycles. The van der Waals surface area contributed by atoms with E-state index in [9.17, 15) is 14.4 Å². The van der Waals surface area contributed by atoms with Gasteiger partial charge in [-0.2, -0.15) is 0 Å². The molecule has 8 nitrogen and oxygen atoms in total. The third-order valence-electron chi connectivity index (χ3n) is 6.85. The van der Waals surface area contributed by atoms with Gasteiger partial charge in [0.1, 0.15) is 11.2 Å². The van der Waals surface area contributed by atoms with Crippen LogP contribution in [0.5, 0.6) is 0 Å². The number of fused-ring (bicyclic) bond motifs is 1. The predicted octanol–water partition coefficient (Wildman–Crippen LogP) is 3.38. The van der Waals surface area contributed by atoms with Crippen molar-refractivity contribution in [2.45, 2.75) is 77.4 Å². The Morgan fingerprint density at radius 3 is 2.61 bits per heavy atom. The Morgan fingerprint density at radius 1 is 1.18 bits per heavy atom. The van der Waals surface area contributed by atoms with Crippen LogP contribution in [-0.2, 0) is 17.8 Å². The number of carbonyl (C=O) groups is 3. The minimum atomic E-state index is -1.04. The normalized spacial score (nSPS) is 20.6. The first kappa shape index (κ1) is 23.0. The second kappa shape index (κ2) is 9.37. The van der Waals surface area contributed by atoms with Crippen molar-refractivity contribution >= 4 is 23.4 Å². The lowest BCUT2D eigenvalue weighted by Crippen LogP contribution is -2.65. The Labute approximate surface area is 194 Å². The van der Waals surface area contributed by atoms with Gasteiger partial charge in [-0.1, -0.05) is 44.9 Å². The summed E-state index contributed by atoms with van der Waals surface area (Å²) in [6, 6.07) is 7.75. The number of amides is 3. The number of benzene rings is 1. The van der Waals surface area contributed by atoms with Gasteiger partial charge in [0.2, 0.25) is 5.91 Å². The van der Waals surface area contributed by atoms with Crippen molar-refractivity contribution in [2.24, 2.45) is 0 Å². The van der Waals surface area contributed by atoms with Crippen molar-refractivity contribution in [2.75, 3.05) is 11.9 Å². The minimum absolute atomic E-state index is 0.0882. The topological polar surface area (TPSA) is 96.3 Å². The van der Waals surface area contributed by atoms with E-state index in [4.69, 9.17) is 0 Å². The van der Waals surface area contributed by atoms with Crippen LogP contribution in [-0.4, -0.2) is 50.3 Å². The fourth-order valence-corrected chi connectivity index (χ4v) is 4.97. The Hall–Kier alpha value is -3.16. The van der Waals surface area contributed by atoms with Gasteiger partial charge in [0.05, 0.1) is 12.9 Å². The lowest BCUT2D eigenvalue weighted by molar-refractivity contribution is -0.133. The highest BCUT2D eigenvalue weighted by Crippen LogP contribution is 2.30. The molecule has 3 amide bonds. The molecule has 2 N–H and O–H groups in total. The van der Waals surface area contributed by atoms with E-state index >= 15 is 0 Å². The maximum Gasteiger partial charge on any atom is 0.276 e. The van der Waals surface area contributed by atoms with E-state index in [1.54, 1.807) is 9.47 Å². The maximum absolute atomic E-state index is 13.6.